The first-order chi connectivity index (χ1) is 15.0. The zero-order valence-corrected chi connectivity index (χ0v) is 18.1. The van der Waals surface area contributed by atoms with Crippen LogP contribution in [-0.4, -0.2) is 49.0 Å². The second-order valence-corrected chi connectivity index (χ2v) is 7.21. The molecule has 0 saturated carbocycles. The highest BCUT2D eigenvalue weighted by Gasteiger charge is 2.15. The van der Waals surface area contributed by atoms with Gasteiger partial charge in [0.1, 0.15) is 0 Å². The smallest absolute Gasteiger partial charge is 0.246 e. The molecule has 1 aromatic heterocycles. The minimum Gasteiger partial charge on any atom is -0.493 e. The Hall–Kier alpha value is -3.55. The van der Waals surface area contributed by atoms with Crippen LogP contribution < -0.4 is 20.1 Å². The molecule has 8 heteroatoms. The number of ether oxygens (including phenoxy) is 2. The molecule has 8 nitrogen and oxygen atoms in total. The van der Waals surface area contributed by atoms with Crippen molar-refractivity contribution in [3.05, 3.63) is 47.7 Å². The number of anilines is 2. The molecule has 1 aliphatic heterocycles. The minimum absolute atomic E-state index is 0.0707. The molecule has 164 valence electrons. The predicted molar refractivity (Wildman–Crippen MR) is 120 cm³/mol. The molecule has 0 atom stereocenters. The molecule has 2 aromatic rings. The quantitative estimate of drug-likeness (QED) is 0.632. The molecule has 0 unspecified atom stereocenters. The SMILES string of the molecule is CCCOc1c(CN(C)C(=O)C=Cc2cnc3c(c2)NCCC(=O)N3)cccc1OC. The zero-order chi connectivity index (χ0) is 22.2. The number of para-hydroxylation sites is 1. The van der Waals surface area contributed by atoms with Gasteiger partial charge in [0.25, 0.3) is 0 Å². The fourth-order valence-electron chi connectivity index (χ4n) is 3.15. The molecule has 2 heterocycles. The number of rotatable bonds is 8. The molecule has 0 fully saturated rings. The molecule has 0 bridgehead atoms. The lowest BCUT2D eigenvalue weighted by Crippen LogP contribution is -2.24. The van der Waals surface area contributed by atoms with Gasteiger partial charge in [-0.1, -0.05) is 19.1 Å². The molecular weight excluding hydrogens is 396 g/mol. The van der Waals surface area contributed by atoms with Gasteiger partial charge in [-0.2, -0.15) is 0 Å². The molecule has 0 aliphatic carbocycles. The molecule has 2 N–H and O–H groups in total. The van der Waals surface area contributed by atoms with Gasteiger partial charge in [-0.05, 0) is 30.2 Å². The Morgan fingerprint density at radius 3 is 2.97 bits per heavy atom. The Kier molecular flexibility index (Phi) is 7.48. The van der Waals surface area contributed by atoms with Crippen LogP contribution in [0.2, 0.25) is 0 Å². The van der Waals surface area contributed by atoms with Gasteiger partial charge in [-0.3, -0.25) is 9.59 Å². The van der Waals surface area contributed by atoms with Crippen molar-refractivity contribution >= 4 is 29.4 Å². The zero-order valence-electron chi connectivity index (χ0n) is 18.1. The summed E-state index contributed by atoms with van der Waals surface area (Å²) in [6.07, 6.45) is 6.10. The number of carbonyl (C=O) groups excluding carboxylic acids is 2. The third-order valence-electron chi connectivity index (χ3n) is 4.77. The van der Waals surface area contributed by atoms with Crippen molar-refractivity contribution in [1.29, 1.82) is 0 Å². The van der Waals surface area contributed by atoms with Gasteiger partial charge in [0, 0.05) is 44.4 Å². The number of fused-ring (bicyclic) bond motifs is 1. The molecular formula is C23H28N4O4. The topological polar surface area (TPSA) is 92.8 Å². The number of aromatic nitrogens is 1. The highest BCUT2D eigenvalue weighted by Crippen LogP contribution is 2.32. The van der Waals surface area contributed by atoms with E-state index in [1.807, 2.05) is 31.2 Å². The summed E-state index contributed by atoms with van der Waals surface area (Å²) < 4.78 is 11.3. The van der Waals surface area contributed by atoms with Gasteiger partial charge in [0.2, 0.25) is 11.8 Å². The number of nitrogens with zero attached hydrogens (tertiary/aromatic N) is 2. The van der Waals surface area contributed by atoms with E-state index in [1.165, 1.54) is 6.08 Å². The van der Waals surface area contributed by atoms with Crippen LogP contribution in [0, 0.1) is 0 Å². The lowest BCUT2D eigenvalue weighted by molar-refractivity contribution is -0.125. The van der Waals surface area contributed by atoms with Gasteiger partial charge in [-0.15, -0.1) is 0 Å². The number of nitrogens with one attached hydrogen (secondary N) is 2. The van der Waals surface area contributed by atoms with E-state index in [4.69, 9.17) is 9.47 Å². The van der Waals surface area contributed by atoms with Crippen LogP contribution >= 0.6 is 0 Å². The number of amides is 2. The summed E-state index contributed by atoms with van der Waals surface area (Å²) >= 11 is 0. The van der Waals surface area contributed by atoms with Crippen molar-refractivity contribution in [3.63, 3.8) is 0 Å². The van der Waals surface area contributed by atoms with Crippen LogP contribution in [0.25, 0.3) is 6.08 Å². The molecule has 1 aromatic carbocycles. The summed E-state index contributed by atoms with van der Waals surface area (Å²) in [5.41, 5.74) is 2.38. The Morgan fingerprint density at radius 1 is 1.35 bits per heavy atom. The number of hydrogen-bond acceptors (Lipinski definition) is 6. The summed E-state index contributed by atoms with van der Waals surface area (Å²) in [6.45, 7) is 3.54. The largest absolute Gasteiger partial charge is 0.493 e. The summed E-state index contributed by atoms with van der Waals surface area (Å²) in [5.74, 6) is 1.59. The molecule has 3 rings (SSSR count). The average Bonchev–Trinajstić information content (AvgIpc) is 2.96. The second kappa shape index (κ2) is 10.5. The number of methoxy groups -OCH3 is 1. The molecule has 31 heavy (non-hydrogen) atoms. The number of hydrogen-bond donors (Lipinski definition) is 2. The van der Waals surface area contributed by atoms with E-state index in [2.05, 4.69) is 15.6 Å². The van der Waals surface area contributed by atoms with Crippen molar-refractivity contribution in [3.8, 4) is 11.5 Å². The first kappa shape index (κ1) is 22.1. The van der Waals surface area contributed by atoms with E-state index in [9.17, 15) is 9.59 Å². The van der Waals surface area contributed by atoms with Crippen molar-refractivity contribution in [1.82, 2.24) is 9.88 Å². The summed E-state index contributed by atoms with van der Waals surface area (Å²) in [5, 5.41) is 5.93. The van der Waals surface area contributed by atoms with Crippen LogP contribution in [0.15, 0.2) is 36.5 Å². The van der Waals surface area contributed by atoms with Crippen LogP contribution in [-0.2, 0) is 16.1 Å². The maximum Gasteiger partial charge on any atom is 0.246 e. The summed E-state index contributed by atoms with van der Waals surface area (Å²) in [7, 11) is 3.34. The Balaban J connectivity index is 1.69. The standard InChI is InChI=1S/C23H28N4O4/c1-4-12-31-22-17(6-5-7-19(22)30-3)15-27(2)21(29)9-8-16-13-18-23(25-14-16)26-20(28)10-11-24-18/h5-9,13-14,24H,4,10-12,15H2,1-3H3,(H,25,26,28). The fraction of sp³-hybridized carbons (Fsp3) is 0.348. The minimum atomic E-state index is -0.152. The second-order valence-electron chi connectivity index (χ2n) is 7.21. The van der Waals surface area contributed by atoms with E-state index in [-0.39, 0.29) is 11.8 Å². The third kappa shape index (κ3) is 5.75. The van der Waals surface area contributed by atoms with Gasteiger partial charge in [0.15, 0.2) is 17.3 Å². The van der Waals surface area contributed by atoms with Crippen LogP contribution in [0.1, 0.15) is 30.9 Å². The van der Waals surface area contributed by atoms with Crippen LogP contribution in [0.5, 0.6) is 11.5 Å². The molecule has 1 aliphatic rings. The first-order valence-electron chi connectivity index (χ1n) is 10.3. The number of likely N-dealkylation sites (N-methyl/N-ethyl adjacent to an activating group) is 1. The summed E-state index contributed by atoms with van der Waals surface area (Å²) in [4.78, 5) is 30.2. The normalized spacial score (nSPS) is 13.1. The van der Waals surface area contributed by atoms with Crippen molar-refractivity contribution in [2.45, 2.75) is 26.3 Å². The van der Waals surface area contributed by atoms with E-state index in [1.54, 1.807) is 31.3 Å². The maximum absolute atomic E-state index is 12.7. The molecule has 0 saturated heterocycles. The lowest BCUT2D eigenvalue weighted by atomic mass is 10.1. The maximum atomic E-state index is 12.7. The van der Waals surface area contributed by atoms with E-state index < -0.39 is 0 Å². The molecule has 0 spiro atoms. The van der Waals surface area contributed by atoms with E-state index in [0.717, 1.165) is 23.2 Å². The average molecular weight is 425 g/mol. The number of carbonyl (C=O) groups is 2. The van der Waals surface area contributed by atoms with Crippen molar-refractivity contribution in [2.24, 2.45) is 0 Å². The van der Waals surface area contributed by atoms with Gasteiger partial charge >= 0.3 is 0 Å². The number of pyridine rings is 1. The van der Waals surface area contributed by atoms with Gasteiger partial charge in [-0.25, -0.2) is 4.98 Å². The monoisotopic (exact) mass is 424 g/mol. The number of benzene rings is 1. The highest BCUT2D eigenvalue weighted by atomic mass is 16.5. The van der Waals surface area contributed by atoms with Crippen LogP contribution in [0.3, 0.4) is 0 Å². The molecule has 0 radical (unpaired) electrons. The fourth-order valence-corrected chi connectivity index (χ4v) is 3.15. The lowest BCUT2D eigenvalue weighted by Gasteiger charge is -2.19. The third-order valence-corrected chi connectivity index (χ3v) is 4.77. The Bertz CT molecular complexity index is 974. The predicted octanol–water partition coefficient (Wildman–Crippen LogP) is 3.30. The van der Waals surface area contributed by atoms with Crippen molar-refractivity contribution < 1.29 is 19.1 Å². The van der Waals surface area contributed by atoms with Gasteiger partial charge < -0.3 is 25.0 Å². The Morgan fingerprint density at radius 2 is 2.19 bits per heavy atom. The molecule has 2 amide bonds. The van der Waals surface area contributed by atoms with Crippen molar-refractivity contribution in [2.75, 3.05) is 37.9 Å². The van der Waals surface area contributed by atoms with Gasteiger partial charge in [0.05, 0.1) is 19.4 Å². The first-order valence-corrected chi connectivity index (χ1v) is 10.3. The van der Waals surface area contributed by atoms with Crippen LogP contribution in [0.4, 0.5) is 11.5 Å². The Labute approximate surface area is 182 Å². The van der Waals surface area contributed by atoms with E-state index in [0.29, 0.717) is 43.4 Å². The summed E-state index contributed by atoms with van der Waals surface area (Å²) in [6, 6.07) is 7.51. The van der Waals surface area contributed by atoms with E-state index >= 15 is 0 Å². The highest BCUT2D eigenvalue weighted by molar-refractivity contribution is 5.95.